The van der Waals surface area contributed by atoms with Gasteiger partial charge in [0.15, 0.2) is 0 Å². The lowest BCUT2D eigenvalue weighted by Gasteiger charge is -2.16. The fraction of sp³-hybridized carbons (Fsp3) is 0.167. The van der Waals surface area contributed by atoms with Crippen molar-refractivity contribution in [3.8, 4) is 0 Å². The molecule has 0 aliphatic rings. The van der Waals surface area contributed by atoms with Crippen LogP contribution in [0.5, 0.6) is 0 Å². The summed E-state index contributed by atoms with van der Waals surface area (Å²) in [6.45, 7) is -0.188. The first-order chi connectivity index (χ1) is 12.4. The number of carbonyl (C=O) groups is 3. The quantitative estimate of drug-likeness (QED) is 0.839. The Bertz CT molecular complexity index is 808. The first-order valence-corrected chi connectivity index (χ1v) is 8.03. The molecule has 7 nitrogen and oxygen atoms in total. The first kappa shape index (κ1) is 19.3. The molecule has 2 aromatic carbocycles. The zero-order valence-electron chi connectivity index (χ0n) is 14.3. The van der Waals surface area contributed by atoms with Crippen LogP contribution in [-0.2, 0) is 9.53 Å². The van der Waals surface area contributed by atoms with Gasteiger partial charge in [-0.2, -0.15) is 0 Å². The number of nitrogens with zero attached hydrogens (tertiary/aromatic N) is 1. The Morgan fingerprint density at radius 3 is 2.15 bits per heavy atom. The van der Waals surface area contributed by atoms with Crippen molar-refractivity contribution in [2.45, 2.75) is 0 Å². The van der Waals surface area contributed by atoms with Gasteiger partial charge in [0.25, 0.3) is 5.91 Å². The molecule has 0 atom stereocenters. The number of ether oxygens (including phenoxy) is 1. The molecular weight excluding hydrogens is 358 g/mol. The van der Waals surface area contributed by atoms with Crippen molar-refractivity contribution in [3.63, 3.8) is 0 Å². The summed E-state index contributed by atoms with van der Waals surface area (Å²) in [4.78, 5) is 36.9. The number of hydrogen-bond acceptors (Lipinski definition) is 4. The summed E-state index contributed by atoms with van der Waals surface area (Å²) in [5, 5.41) is 5.93. The average molecular weight is 376 g/mol. The first-order valence-electron chi connectivity index (χ1n) is 7.65. The highest BCUT2D eigenvalue weighted by atomic mass is 35.5. The van der Waals surface area contributed by atoms with Gasteiger partial charge in [0.2, 0.25) is 5.91 Å². The molecule has 3 amide bonds. The van der Waals surface area contributed by atoms with Crippen LogP contribution in [-0.4, -0.2) is 43.5 Å². The second-order valence-electron chi connectivity index (χ2n) is 5.38. The van der Waals surface area contributed by atoms with Crippen molar-refractivity contribution in [3.05, 3.63) is 59.1 Å². The van der Waals surface area contributed by atoms with Gasteiger partial charge in [-0.25, -0.2) is 4.79 Å². The van der Waals surface area contributed by atoms with Crippen molar-refractivity contribution < 1.29 is 19.1 Å². The van der Waals surface area contributed by atoms with Crippen molar-refractivity contribution in [1.29, 1.82) is 0 Å². The Morgan fingerprint density at radius 2 is 1.58 bits per heavy atom. The Morgan fingerprint density at radius 1 is 1.00 bits per heavy atom. The summed E-state index contributed by atoms with van der Waals surface area (Å²) >= 11 is 5.82. The standard InChI is InChI=1S/C18H18ClN3O4/c1-22(18(25)26-2)11-16(23)20-14-5-3-4-6-15(14)21-17(24)12-7-9-13(19)10-8-12/h3-10H,11H2,1-2H3,(H,20,23)(H,21,24). The number of halogens is 1. The monoisotopic (exact) mass is 375 g/mol. The van der Waals surface area contributed by atoms with Crippen LogP contribution in [0.4, 0.5) is 16.2 Å². The van der Waals surface area contributed by atoms with E-state index in [0.29, 0.717) is 22.0 Å². The molecule has 0 bridgehead atoms. The topological polar surface area (TPSA) is 87.7 Å². The molecule has 0 aliphatic carbocycles. The number of carbonyl (C=O) groups excluding carboxylic acids is 3. The second-order valence-corrected chi connectivity index (χ2v) is 5.82. The molecular formula is C18H18ClN3O4. The van der Waals surface area contributed by atoms with E-state index < -0.39 is 12.0 Å². The Labute approximate surface area is 155 Å². The lowest BCUT2D eigenvalue weighted by atomic mass is 10.2. The highest BCUT2D eigenvalue weighted by Crippen LogP contribution is 2.22. The zero-order chi connectivity index (χ0) is 19.1. The van der Waals surface area contributed by atoms with Gasteiger partial charge in [0.05, 0.1) is 18.5 Å². The summed E-state index contributed by atoms with van der Waals surface area (Å²) < 4.78 is 4.54. The molecule has 0 radical (unpaired) electrons. The molecule has 0 saturated heterocycles. The molecule has 0 aliphatic heterocycles. The summed E-state index contributed by atoms with van der Waals surface area (Å²) in [6, 6.07) is 13.2. The molecule has 0 heterocycles. The summed E-state index contributed by atoms with van der Waals surface area (Å²) in [5.74, 6) is -0.763. The Hall–Kier alpha value is -3.06. The summed E-state index contributed by atoms with van der Waals surface area (Å²) in [5.41, 5.74) is 1.28. The van der Waals surface area contributed by atoms with Gasteiger partial charge in [-0.15, -0.1) is 0 Å². The SMILES string of the molecule is COC(=O)N(C)CC(=O)Nc1ccccc1NC(=O)c1ccc(Cl)cc1. The highest BCUT2D eigenvalue weighted by molar-refractivity contribution is 6.30. The molecule has 2 rings (SSSR count). The largest absolute Gasteiger partial charge is 0.453 e. The number of nitrogens with one attached hydrogen (secondary N) is 2. The molecule has 2 aromatic rings. The maximum Gasteiger partial charge on any atom is 0.409 e. The lowest BCUT2D eigenvalue weighted by molar-refractivity contribution is -0.116. The number of anilines is 2. The maximum atomic E-state index is 12.3. The van der Waals surface area contributed by atoms with Crippen LogP contribution < -0.4 is 10.6 Å². The highest BCUT2D eigenvalue weighted by Gasteiger charge is 2.15. The van der Waals surface area contributed by atoms with E-state index in [0.717, 1.165) is 4.90 Å². The number of rotatable bonds is 5. The van der Waals surface area contributed by atoms with Crippen LogP contribution in [0.1, 0.15) is 10.4 Å². The maximum absolute atomic E-state index is 12.3. The number of hydrogen-bond donors (Lipinski definition) is 2. The average Bonchev–Trinajstić information content (AvgIpc) is 2.63. The molecule has 0 unspecified atom stereocenters. The number of para-hydroxylation sites is 2. The minimum atomic E-state index is -0.621. The fourth-order valence-electron chi connectivity index (χ4n) is 2.12. The third-order valence-corrected chi connectivity index (χ3v) is 3.67. The Balaban J connectivity index is 2.07. The van der Waals surface area contributed by atoms with Crippen LogP contribution >= 0.6 is 11.6 Å². The predicted octanol–water partition coefficient (Wildman–Crippen LogP) is 3.23. The number of methoxy groups -OCH3 is 1. The van der Waals surface area contributed by atoms with Crippen molar-refractivity contribution in [2.75, 3.05) is 31.3 Å². The molecule has 0 saturated carbocycles. The lowest BCUT2D eigenvalue weighted by Crippen LogP contribution is -2.34. The second kappa shape index (κ2) is 8.87. The van der Waals surface area contributed by atoms with Crippen LogP contribution in [0.2, 0.25) is 5.02 Å². The normalized spacial score (nSPS) is 9.96. The summed E-state index contributed by atoms with van der Waals surface area (Å²) in [6.07, 6.45) is -0.621. The van der Waals surface area contributed by atoms with Gasteiger partial charge < -0.3 is 20.3 Å². The van der Waals surface area contributed by atoms with E-state index in [1.807, 2.05) is 0 Å². The van der Waals surface area contributed by atoms with Crippen LogP contribution in [0, 0.1) is 0 Å². The molecule has 26 heavy (non-hydrogen) atoms. The van der Waals surface area contributed by atoms with E-state index in [1.165, 1.54) is 14.2 Å². The van der Waals surface area contributed by atoms with Gasteiger partial charge in [-0.05, 0) is 36.4 Å². The number of benzene rings is 2. The third kappa shape index (κ3) is 5.22. The molecule has 2 N–H and O–H groups in total. The van der Waals surface area contributed by atoms with Gasteiger partial charge in [-0.3, -0.25) is 9.59 Å². The van der Waals surface area contributed by atoms with E-state index >= 15 is 0 Å². The zero-order valence-corrected chi connectivity index (χ0v) is 15.0. The molecule has 0 fully saturated rings. The molecule has 8 heteroatoms. The molecule has 0 aromatic heterocycles. The smallest absolute Gasteiger partial charge is 0.409 e. The van der Waals surface area contributed by atoms with E-state index in [4.69, 9.17) is 11.6 Å². The van der Waals surface area contributed by atoms with Gasteiger partial charge >= 0.3 is 6.09 Å². The molecule has 136 valence electrons. The van der Waals surface area contributed by atoms with E-state index in [-0.39, 0.29) is 12.5 Å². The minimum Gasteiger partial charge on any atom is -0.453 e. The van der Waals surface area contributed by atoms with Crippen molar-refractivity contribution >= 4 is 40.9 Å². The van der Waals surface area contributed by atoms with E-state index in [9.17, 15) is 14.4 Å². The van der Waals surface area contributed by atoms with E-state index in [2.05, 4.69) is 15.4 Å². The van der Waals surface area contributed by atoms with Crippen LogP contribution in [0.3, 0.4) is 0 Å². The Kier molecular flexibility index (Phi) is 6.57. The van der Waals surface area contributed by atoms with Gasteiger partial charge in [0, 0.05) is 17.6 Å². The van der Waals surface area contributed by atoms with Gasteiger partial charge in [-0.1, -0.05) is 23.7 Å². The summed E-state index contributed by atoms with van der Waals surface area (Å²) in [7, 11) is 2.68. The fourth-order valence-corrected chi connectivity index (χ4v) is 2.25. The van der Waals surface area contributed by atoms with Crippen LogP contribution in [0.15, 0.2) is 48.5 Å². The predicted molar refractivity (Wildman–Crippen MR) is 99.5 cm³/mol. The van der Waals surface area contributed by atoms with E-state index in [1.54, 1.807) is 48.5 Å². The van der Waals surface area contributed by atoms with Crippen molar-refractivity contribution in [1.82, 2.24) is 4.90 Å². The van der Waals surface area contributed by atoms with Gasteiger partial charge in [0.1, 0.15) is 6.54 Å². The molecule has 0 spiro atoms. The minimum absolute atomic E-state index is 0.188. The number of likely N-dealkylation sites (N-methyl/N-ethyl adjacent to an activating group) is 1. The third-order valence-electron chi connectivity index (χ3n) is 3.42. The van der Waals surface area contributed by atoms with Crippen LogP contribution in [0.25, 0.3) is 0 Å². The van der Waals surface area contributed by atoms with Crippen molar-refractivity contribution in [2.24, 2.45) is 0 Å². The number of amides is 3.